The first-order chi connectivity index (χ1) is 3.79. The minimum absolute atomic E-state index is 0. The minimum atomic E-state index is 0. The quantitative estimate of drug-likeness (QED) is 0.572. The summed E-state index contributed by atoms with van der Waals surface area (Å²) in [7, 11) is 0. The number of pyridine rings is 1. The van der Waals surface area contributed by atoms with Crippen LogP contribution in [0.3, 0.4) is 0 Å². The van der Waals surface area contributed by atoms with E-state index in [1.807, 2.05) is 6.92 Å². The van der Waals surface area contributed by atoms with Crippen molar-refractivity contribution in [3.63, 3.8) is 0 Å². The fraction of sp³-hybridized carbons (Fsp3) is 0.286. The van der Waals surface area contributed by atoms with E-state index in [1.54, 1.807) is 12.3 Å². The molecule has 0 aromatic carbocycles. The Labute approximate surface area is 55.2 Å². The monoisotopic (exact) mass is 125 g/mol. The number of nitrogens with zero attached hydrogens (tertiary/aromatic N) is 1. The molecule has 1 rings (SSSR count). The zero-order valence-corrected chi connectivity index (χ0v) is 4.63. The van der Waals surface area contributed by atoms with Crippen molar-refractivity contribution in [3.05, 3.63) is 24.0 Å². The molecule has 0 aliphatic rings. The highest BCUT2D eigenvalue weighted by molar-refractivity contribution is 5.20. The standard InChI is InChI=1S/C6H7NO.CH4/c1-5-2-6(8)4-7-3-5;/h2-4,8H,1H3;1H4. The maximum Gasteiger partial charge on any atom is 0.134 e. The van der Waals surface area contributed by atoms with Crippen LogP contribution in [-0.4, -0.2) is 10.1 Å². The van der Waals surface area contributed by atoms with Crippen molar-refractivity contribution in [3.8, 4) is 5.75 Å². The SMILES string of the molecule is C.Cc1cncc(O)c1. The molecule has 0 amide bonds. The Morgan fingerprint density at radius 1 is 1.44 bits per heavy atom. The second-order valence-corrected chi connectivity index (χ2v) is 1.72. The largest absolute Gasteiger partial charge is 0.506 e. The smallest absolute Gasteiger partial charge is 0.134 e. The highest BCUT2D eigenvalue weighted by atomic mass is 16.3. The summed E-state index contributed by atoms with van der Waals surface area (Å²) in [5.74, 6) is 0.227. The summed E-state index contributed by atoms with van der Waals surface area (Å²) in [5, 5.41) is 8.75. The zero-order chi connectivity index (χ0) is 5.98. The molecule has 50 valence electrons. The maximum atomic E-state index is 8.75. The van der Waals surface area contributed by atoms with E-state index in [-0.39, 0.29) is 13.2 Å². The summed E-state index contributed by atoms with van der Waals surface area (Å²) < 4.78 is 0. The summed E-state index contributed by atoms with van der Waals surface area (Å²) >= 11 is 0. The van der Waals surface area contributed by atoms with Gasteiger partial charge < -0.3 is 5.11 Å². The third-order valence-corrected chi connectivity index (χ3v) is 0.861. The summed E-state index contributed by atoms with van der Waals surface area (Å²) in [5.41, 5.74) is 0.977. The van der Waals surface area contributed by atoms with Crippen LogP contribution in [0.1, 0.15) is 13.0 Å². The van der Waals surface area contributed by atoms with Gasteiger partial charge >= 0.3 is 0 Å². The van der Waals surface area contributed by atoms with Gasteiger partial charge in [0.2, 0.25) is 0 Å². The number of aromatic hydroxyl groups is 1. The molecular weight excluding hydrogens is 114 g/mol. The van der Waals surface area contributed by atoms with E-state index in [1.165, 1.54) is 6.20 Å². The van der Waals surface area contributed by atoms with Gasteiger partial charge in [-0.25, -0.2) is 0 Å². The molecular formula is C7H11NO. The molecule has 9 heavy (non-hydrogen) atoms. The molecule has 0 unspecified atom stereocenters. The van der Waals surface area contributed by atoms with Gasteiger partial charge in [-0.15, -0.1) is 0 Å². The van der Waals surface area contributed by atoms with Crippen molar-refractivity contribution in [2.75, 3.05) is 0 Å². The van der Waals surface area contributed by atoms with Crippen LogP contribution in [0.25, 0.3) is 0 Å². The molecule has 0 aliphatic heterocycles. The number of aromatic nitrogens is 1. The van der Waals surface area contributed by atoms with E-state index < -0.39 is 0 Å². The normalized spacial score (nSPS) is 8.11. The van der Waals surface area contributed by atoms with Crippen molar-refractivity contribution in [1.82, 2.24) is 4.98 Å². The second-order valence-electron chi connectivity index (χ2n) is 1.72. The second kappa shape index (κ2) is 3.07. The molecule has 0 bridgehead atoms. The number of hydrogen-bond acceptors (Lipinski definition) is 2. The third-order valence-electron chi connectivity index (χ3n) is 0.861. The van der Waals surface area contributed by atoms with E-state index in [0.717, 1.165) is 5.56 Å². The van der Waals surface area contributed by atoms with Gasteiger partial charge in [0.15, 0.2) is 0 Å². The van der Waals surface area contributed by atoms with Gasteiger partial charge in [-0.2, -0.15) is 0 Å². The molecule has 2 heteroatoms. The lowest BCUT2D eigenvalue weighted by Crippen LogP contribution is -1.72. The van der Waals surface area contributed by atoms with Gasteiger partial charge in [0.25, 0.3) is 0 Å². The van der Waals surface area contributed by atoms with E-state index in [0.29, 0.717) is 0 Å². The maximum absolute atomic E-state index is 8.75. The van der Waals surface area contributed by atoms with Crippen LogP contribution in [0.15, 0.2) is 18.5 Å². The van der Waals surface area contributed by atoms with E-state index >= 15 is 0 Å². The Morgan fingerprint density at radius 2 is 2.11 bits per heavy atom. The third kappa shape index (κ3) is 2.13. The Balaban J connectivity index is 0.000000640. The predicted molar refractivity (Wildman–Crippen MR) is 37.4 cm³/mol. The molecule has 0 atom stereocenters. The summed E-state index contributed by atoms with van der Waals surface area (Å²) in [6, 6.07) is 1.66. The average Bonchev–Trinajstić information content (AvgIpc) is 1.64. The molecule has 1 aromatic rings. The molecule has 0 radical (unpaired) electrons. The number of aryl methyl sites for hydroxylation is 1. The van der Waals surface area contributed by atoms with Crippen LogP contribution >= 0.6 is 0 Å². The van der Waals surface area contributed by atoms with Crippen LogP contribution in [0.2, 0.25) is 0 Å². The molecule has 0 saturated carbocycles. The molecule has 2 nitrogen and oxygen atoms in total. The lowest BCUT2D eigenvalue weighted by molar-refractivity contribution is 0.472. The highest BCUT2D eigenvalue weighted by Gasteiger charge is 1.84. The van der Waals surface area contributed by atoms with Crippen molar-refractivity contribution >= 4 is 0 Å². The molecule has 1 aromatic heterocycles. The summed E-state index contributed by atoms with van der Waals surface area (Å²) in [6.45, 7) is 1.88. The highest BCUT2D eigenvalue weighted by Crippen LogP contribution is 2.05. The first-order valence-corrected chi connectivity index (χ1v) is 2.39. The van der Waals surface area contributed by atoms with Gasteiger partial charge in [0.1, 0.15) is 5.75 Å². The fourth-order valence-corrected chi connectivity index (χ4v) is 0.539. The van der Waals surface area contributed by atoms with Crippen molar-refractivity contribution < 1.29 is 5.11 Å². The number of hydrogen-bond donors (Lipinski definition) is 1. The molecule has 1 N–H and O–H groups in total. The Hall–Kier alpha value is -1.05. The lowest BCUT2D eigenvalue weighted by Gasteiger charge is -1.89. The van der Waals surface area contributed by atoms with Crippen LogP contribution in [0, 0.1) is 6.92 Å². The predicted octanol–water partition coefficient (Wildman–Crippen LogP) is 1.73. The topological polar surface area (TPSA) is 33.1 Å². The van der Waals surface area contributed by atoms with Gasteiger partial charge in [-0.05, 0) is 18.6 Å². The van der Waals surface area contributed by atoms with Crippen LogP contribution in [0.5, 0.6) is 5.75 Å². The van der Waals surface area contributed by atoms with Crippen molar-refractivity contribution in [2.45, 2.75) is 14.4 Å². The Kier molecular flexibility index (Phi) is 2.71. The molecule has 0 spiro atoms. The van der Waals surface area contributed by atoms with Crippen LogP contribution in [0.4, 0.5) is 0 Å². The summed E-state index contributed by atoms with van der Waals surface area (Å²) in [6.07, 6.45) is 3.10. The zero-order valence-electron chi connectivity index (χ0n) is 4.63. The van der Waals surface area contributed by atoms with Gasteiger partial charge in [0.05, 0.1) is 6.20 Å². The van der Waals surface area contributed by atoms with Crippen LogP contribution in [-0.2, 0) is 0 Å². The van der Waals surface area contributed by atoms with E-state index in [9.17, 15) is 0 Å². The van der Waals surface area contributed by atoms with Crippen molar-refractivity contribution in [2.24, 2.45) is 0 Å². The van der Waals surface area contributed by atoms with E-state index in [2.05, 4.69) is 4.98 Å². The average molecular weight is 125 g/mol. The van der Waals surface area contributed by atoms with Gasteiger partial charge in [-0.1, -0.05) is 7.43 Å². The first-order valence-electron chi connectivity index (χ1n) is 2.39. The molecule has 1 heterocycles. The Morgan fingerprint density at radius 3 is 2.44 bits per heavy atom. The van der Waals surface area contributed by atoms with Gasteiger partial charge in [-0.3, -0.25) is 4.98 Å². The molecule has 0 saturated heterocycles. The molecule has 0 fully saturated rings. The fourth-order valence-electron chi connectivity index (χ4n) is 0.539. The minimum Gasteiger partial charge on any atom is -0.506 e. The van der Waals surface area contributed by atoms with E-state index in [4.69, 9.17) is 5.11 Å². The first kappa shape index (κ1) is 7.95. The van der Waals surface area contributed by atoms with Crippen molar-refractivity contribution in [1.29, 1.82) is 0 Å². The Bertz CT molecular complexity index is 169. The lowest BCUT2D eigenvalue weighted by atomic mass is 10.3. The van der Waals surface area contributed by atoms with Crippen LogP contribution < -0.4 is 0 Å². The summed E-state index contributed by atoms with van der Waals surface area (Å²) in [4.78, 5) is 3.73. The molecule has 0 aliphatic carbocycles. The van der Waals surface area contributed by atoms with Gasteiger partial charge in [0, 0.05) is 6.20 Å². The number of rotatable bonds is 0.